The molecule has 0 radical (unpaired) electrons. The minimum atomic E-state index is -0.371. The zero-order chi connectivity index (χ0) is 20.1. The highest BCUT2D eigenvalue weighted by Crippen LogP contribution is 2.17. The number of halogens is 1. The van der Waals surface area contributed by atoms with Gasteiger partial charge in [-0.05, 0) is 48.0 Å². The topological polar surface area (TPSA) is 92.8 Å². The van der Waals surface area contributed by atoms with Crippen LogP contribution in [0.2, 0.25) is 0 Å². The van der Waals surface area contributed by atoms with Crippen LogP contribution < -0.4 is 10.1 Å². The number of ether oxygens (including phenoxy) is 1. The Kier molecular flexibility index (Phi) is 5.24. The molecule has 0 spiro atoms. The van der Waals surface area contributed by atoms with Gasteiger partial charge in [-0.15, -0.1) is 5.10 Å². The minimum absolute atomic E-state index is 0.147. The monoisotopic (exact) mass is 389 g/mol. The van der Waals surface area contributed by atoms with Crippen molar-refractivity contribution in [3.8, 4) is 17.3 Å². The first-order chi connectivity index (χ1) is 14.2. The molecular weight excluding hydrogens is 373 g/mol. The summed E-state index contributed by atoms with van der Waals surface area (Å²) < 4.78 is 18.7. The van der Waals surface area contributed by atoms with Crippen LogP contribution in [0.25, 0.3) is 11.5 Å². The Morgan fingerprint density at radius 2 is 1.93 bits per heavy atom. The summed E-state index contributed by atoms with van der Waals surface area (Å²) in [5.74, 6) is 0.450. The number of hydrogen-bond donors (Lipinski definition) is 2. The number of amides is 1. The van der Waals surface area contributed by atoms with Crippen molar-refractivity contribution in [2.75, 3.05) is 5.32 Å². The summed E-state index contributed by atoms with van der Waals surface area (Å²) >= 11 is 0. The summed E-state index contributed by atoms with van der Waals surface area (Å²) in [4.78, 5) is 20.9. The summed E-state index contributed by atoms with van der Waals surface area (Å²) in [7, 11) is 0. The Hall–Kier alpha value is -4.07. The van der Waals surface area contributed by atoms with Crippen LogP contribution in [-0.4, -0.2) is 26.1 Å². The number of nitrogens with zero attached hydrogens (tertiary/aromatic N) is 3. The molecule has 0 atom stereocenters. The summed E-state index contributed by atoms with van der Waals surface area (Å²) in [6.45, 7) is 0.264. The van der Waals surface area contributed by atoms with Crippen molar-refractivity contribution in [1.29, 1.82) is 0 Å². The molecular formula is C21H16FN5O2. The van der Waals surface area contributed by atoms with Crippen LogP contribution >= 0.6 is 0 Å². The Labute approximate surface area is 165 Å². The van der Waals surface area contributed by atoms with Crippen molar-refractivity contribution in [1.82, 2.24) is 20.2 Å². The van der Waals surface area contributed by atoms with Gasteiger partial charge in [0.25, 0.3) is 5.91 Å². The van der Waals surface area contributed by atoms with Crippen molar-refractivity contribution in [2.24, 2.45) is 0 Å². The molecule has 7 nitrogen and oxygen atoms in total. The standard InChI is InChI=1S/C21H16FN5O2/c22-16-9-7-14(8-10-16)13-29-17-5-3-4-15(12-17)20(28)25-21-24-19(26-27-21)18-6-1-2-11-23-18/h1-12H,13H2,(H2,24,25,26,27,28). The fourth-order valence-corrected chi connectivity index (χ4v) is 2.58. The number of aromatic amines is 1. The van der Waals surface area contributed by atoms with E-state index < -0.39 is 0 Å². The maximum absolute atomic E-state index is 13.0. The molecule has 144 valence electrons. The van der Waals surface area contributed by atoms with E-state index in [1.165, 1.54) is 12.1 Å². The van der Waals surface area contributed by atoms with Gasteiger partial charge < -0.3 is 4.74 Å². The Morgan fingerprint density at radius 1 is 1.07 bits per heavy atom. The van der Waals surface area contributed by atoms with Crippen LogP contribution in [0.5, 0.6) is 5.75 Å². The first-order valence-corrected chi connectivity index (χ1v) is 8.80. The fourth-order valence-electron chi connectivity index (χ4n) is 2.58. The van der Waals surface area contributed by atoms with Gasteiger partial charge in [-0.2, -0.15) is 4.98 Å². The van der Waals surface area contributed by atoms with Crippen LogP contribution in [0.3, 0.4) is 0 Å². The molecule has 0 aliphatic carbocycles. The third kappa shape index (κ3) is 4.62. The Morgan fingerprint density at radius 3 is 2.72 bits per heavy atom. The maximum Gasteiger partial charge on any atom is 0.258 e. The van der Waals surface area contributed by atoms with E-state index in [1.54, 1.807) is 54.7 Å². The van der Waals surface area contributed by atoms with E-state index >= 15 is 0 Å². The number of aromatic nitrogens is 4. The van der Waals surface area contributed by atoms with Gasteiger partial charge in [0.05, 0.1) is 0 Å². The molecule has 0 aliphatic heterocycles. The van der Waals surface area contributed by atoms with Crippen LogP contribution in [0, 0.1) is 5.82 Å². The van der Waals surface area contributed by atoms with E-state index in [4.69, 9.17) is 4.74 Å². The minimum Gasteiger partial charge on any atom is -0.489 e. The van der Waals surface area contributed by atoms with Crippen LogP contribution in [-0.2, 0) is 6.61 Å². The Balaban J connectivity index is 1.41. The molecule has 1 amide bonds. The number of benzene rings is 2. The molecule has 8 heteroatoms. The third-order valence-corrected chi connectivity index (χ3v) is 4.03. The Bertz CT molecular complexity index is 1110. The second-order valence-electron chi connectivity index (χ2n) is 6.12. The highest BCUT2D eigenvalue weighted by molar-refractivity contribution is 6.03. The van der Waals surface area contributed by atoms with Crippen molar-refractivity contribution in [3.05, 3.63) is 89.9 Å². The molecule has 0 saturated carbocycles. The van der Waals surface area contributed by atoms with Gasteiger partial charge in [0.15, 0.2) is 5.82 Å². The first-order valence-electron chi connectivity index (χ1n) is 8.80. The summed E-state index contributed by atoms with van der Waals surface area (Å²) in [6, 6.07) is 18.2. The van der Waals surface area contributed by atoms with Crippen LogP contribution in [0.4, 0.5) is 10.3 Å². The molecule has 2 N–H and O–H groups in total. The van der Waals surface area contributed by atoms with Gasteiger partial charge in [0, 0.05) is 11.8 Å². The average Bonchev–Trinajstić information content (AvgIpc) is 3.23. The van der Waals surface area contributed by atoms with E-state index in [9.17, 15) is 9.18 Å². The van der Waals surface area contributed by atoms with Gasteiger partial charge >= 0.3 is 0 Å². The summed E-state index contributed by atoms with van der Waals surface area (Å²) in [5.41, 5.74) is 1.84. The van der Waals surface area contributed by atoms with E-state index in [1.807, 2.05) is 6.07 Å². The van der Waals surface area contributed by atoms with Gasteiger partial charge in [-0.1, -0.05) is 24.3 Å². The van der Waals surface area contributed by atoms with Crippen molar-refractivity contribution >= 4 is 11.9 Å². The highest BCUT2D eigenvalue weighted by atomic mass is 19.1. The predicted molar refractivity (Wildman–Crippen MR) is 105 cm³/mol. The lowest BCUT2D eigenvalue weighted by molar-refractivity contribution is 0.102. The van der Waals surface area contributed by atoms with Gasteiger partial charge in [0.1, 0.15) is 23.9 Å². The molecule has 2 heterocycles. The molecule has 0 fully saturated rings. The molecule has 4 rings (SSSR count). The van der Waals surface area contributed by atoms with Crippen molar-refractivity contribution in [2.45, 2.75) is 6.61 Å². The number of hydrogen-bond acceptors (Lipinski definition) is 5. The van der Waals surface area contributed by atoms with E-state index in [0.29, 0.717) is 22.8 Å². The fraction of sp³-hybridized carbons (Fsp3) is 0.0476. The van der Waals surface area contributed by atoms with Crippen LogP contribution in [0.1, 0.15) is 15.9 Å². The number of carbonyl (C=O) groups is 1. The molecule has 2 aromatic heterocycles. The lowest BCUT2D eigenvalue weighted by Gasteiger charge is -2.08. The lowest BCUT2D eigenvalue weighted by atomic mass is 10.2. The van der Waals surface area contributed by atoms with Crippen molar-refractivity contribution in [3.63, 3.8) is 0 Å². The lowest BCUT2D eigenvalue weighted by Crippen LogP contribution is -2.13. The zero-order valence-corrected chi connectivity index (χ0v) is 15.2. The zero-order valence-electron chi connectivity index (χ0n) is 15.2. The SMILES string of the molecule is O=C(Nc1n[nH]c(-c2ccccn2)n1)c1cccc(OCc2ccc(F)cc2)c1. The largest absolute Gasteiger partial charge is 0.489 e. The van der Waals surface area contributed by atoms with Gasteiger partial charge in [-0.3, -0.25) is 20.2 Å². The summed E-state index contributed by atoms with van der Waals surface area (Å²) in [6.07, 6.45) is 1.65. The molecule has 0 aliphatic rings. The first kappa shape index (κ1) is 18.3. The number of nitrogens with one attached hydrogen (secondary N) is 2. The second kappa shape index (κ2) is 8.30. The van der Waals surface area contributed by atoms with Crippen LogP contribution in [0.15, 0.2) is 72.9 Å². The quantitative estimate of drug-likeness (QED) is 0.523. The van der Waals surface area contributed by atoms with E-state index in [2.05, 4.69) is 25.5 Å². The normalized spacial score (nSPS) is 10.5. The smallest absolute Gasteiger partial charge is 0.258 e. The third-order valence-electron chi connectivity index (χ3n) is 4.03. The molecule has 2 aromatic carbocycles. The number of carbonyl (C=O) groups excluding carboxylic acids is 1. The van der Waals surface area contributed by atoms with E-state index in [0.717, 1.165) is 5.56 Å². The highest BCUT2D eigenvalue weighted by Gasteiger charge is 2.12. The number of pyridine rings is 1. The number of H-pyrrole nitrogens is 1. The van der Waals surface area contributed by atoms with Gasteiger partial charge in [0.2, 0.25) is 5.95 Å². The second-order valence-corrected chi connectivity index (χ2v) is 6.12. The molecule has 0 bridgehead atoms. The number of rotatable bonds is 6. The maximum atomic E-state index is 13.0. The van der Waals surface area contributed by atoms with Gasteiger partial charge in [-0.25, -0.2) is 4.39 Å². The molecule has 0 saturated heterocycles. The molecule has 0 unspecified atom stereocenters. The summed E-state index contributed by atoms with van der Waals surface area (Å²) in [5, 5.41) is 9.37. The average molecular weight is 389 g/mol. The molecule has 4 aromatic rings. The van der Waals surface area contributed by atoms with E-state index in [-0.39, 0.29) is 24.3 Å². The van der Waals surface area contributed by atoms with Crippen molar-refractivity contribution < 1.29 is 13.9 Å². The predicted octanol–water partition coefficient (Wildman–Crippen LogP) is 3.84. The molecule has 29 heavy (non-hydrogen) atoms. The number of anilines is 1.